The molecule has 3 aromatic rings. The quantitative estimate of drug-likeness (QED) is 0.650. The van der Waals surface area contributed by atoms with Gasteiger partial charge in [0.2, 0.25) is 5.91 Å². The monoisotopic (exact) mass is 383 g/mol. The molecule has 6 heteroatoms. The maximum absolute atomic E-state index is 13.6. The number of hydrogen-bond acceptors (Lipinski definition) is 3. The van der Waals surface area contributed by atoms with Gasteiger partial charge >= 0.3 is 0 Å². The molecule has 0 N–H and O–H groups in total. The Bertz CT molecular complexity index is 991. The molecule has 1 aromatic carbocycles. The fraction of sp³-hybridized carbons (Fsp3) is 0.333. The van der Waals surface area contributed by atoms with E-state index in [4.69, 9.17) is 4.98 Å². The largest absolute Gasteiger partial charge is 0.342 e. The highest BCUT2D eigenvalue weighted by Gasteiger charge is 2.20. The van der Waals surface area contributed by atoms with Crippen molar-refractivity contribution >= 4 is 17.2 Å². The summed E-state index contributed by atoms with van der Waals surface area (Å²) in [6.45, 7) is 5.67. The van der Waals surface area contributed by atoms with E-state index in [-0.39, 0.29) is 11.7 Å². The third-order valence-corrected chi connectivity index (χ3v) is 6.00. The molecule has 1 amide bonds. The zero-order valence-corrected chi connectivity index (χ0v) is 16.4. The minimum absolute atomic E-state index is 0.242. The van der Waals surface area contributed by atoms with Gasteiger partial charge in [0.05, 0.1) is 10.7 Å². The van der Waals surface area contributed by atoms with Crippen LogP contribution in [0.1, 0.15) is 29.2 Å². The van der Waals surface area contributed by atoms with E-state index in [1.165, 1.54) is 6.07 Å². The van der Waals surface area contributed by atoms with E-state index in [2.05, 4.69) is 16.0 Å². The van der Waals surface area contributed by atoms with E-state index in [1.54, 1.807) is 23.5 Å². The number of nitrogens with zero attached hydrogens (tertiary/aromatic N) is 3. The Kier molecular flexibility index (Phi) is 4.83. The maximum Gasteiger partial charge on any atom is 0.222 e. The van der Waals surface area contributed by atoms with Gasteiger partial charge in [-0.05, 0) is 44.5 Å². The van der Waals surface area contributed by atoms with Gasteiger partial charge in [0, 0.05) is 53.9 Å². The first-order valence-electron chi connectivity index (χ1n) is 9.20. The zero-order chi connectivity index (χ0) is 19.0. The second kappa shape index (κ2) is 7.27. The molecule has 140 valence electrons. The Hall–Kier alpha value is -2.47. The molecule has 1 saturated heterocycles. The molecule has 2 aromatic heterocycles. The molecular formula is C21H22FN3OS. The minimum atomic E-state index is -0.242. The third kappa shape index (κ3) is 3.54. The lowest BCUT2D eigenvalue weighted by Gasteiger charge is -2.13. The second-order valence-corrected chi connectivity index (χ2v) is 7.90. The number of carbonyl (C=O) groups excluding carboxylic acids is 1. The van der Waals surface area contributed by atoms with Crippen LogP contribution in [0.25, 0.3) is 16.9 Å². The molecule has 0 unspecified atom stereocenters. The maximum atomic E-state index is 13.6. The van der Waals surface area contributed by atoms with E-state index in [0.717, 1.165) is 59.3 Å². The summed E-state index contributed by atoms with van der Waals surface area (Å²) in [4.78, 5) is 18.5. The van der Waals surface area contributed by atoms with E-state index >= 15 is 0 Å². The van der Waals surface area contributed by atoms with Gasteiger partial charge in [-0.2, -0.15) is 0 Å². The number of benzene rings is 1. The van der Waals surface area contributed by atoms with Crippen molar-refractivity contribution in [1.29, 1.82) is 0 Å². The van der Waals surface area contributed by atoms with Gasteiger partial charge in [0.1, 0.15) is 5.82 Å². The van der Waals surface area contributed by atoms with E-state index < -0.39 is 0 Å². The molecule has 0 atom stereocenters. The Morgan fingerprint density at radius 2 is 2.11 bits per heavy atom. The van der Waals surface area contributed by atoms with Crippen molar-refractivity contribution in [3.63, 3.8) is 0 Å². The number of amides is 1. The minimum Gasteiger partial charge on any atom is -0.342 e. The molecule has 1 aliphatic rings. The van der Waals surface area contributed by atoms with Crippen LogP contribution in [0.3, 0.4) is 0 Å². The van der Waals surface area contributed by atoms with Crippen molar-refractivity contribution in [2.24, 2.45) is 0 Å². The lowest BCUT2D eigenvalue weighted by Crippen LogP contribution is -2.26. The zero-order valence-electron chi connectivity index (χ0n) is 15.5. The summed E-state index contributed by atoms with van der Waals surface area (Å²) in [7, 11) is 0. The molecule has 3 heterocycles. The van der Waals surface area contributed by atoms with E-state index in [9.17, 15) is 9.18 Å². The number of rotatable bonds is 5. The first kappa shape index (κ1) is 17.9. The fourth-order valence-electron chi connectivity index (χ4n) is 3.76. The van der Waals surface area contributed by atoms with Crippen LogP contribution >= 0.6 is 11.3 Å². The lowest BCUT2D eigenvalue weighted by atomic mass is 10.2. The van der Waals surface area contributed by atoms with Crippen molar-refractivity contribution < 1.29 is 9.18 Å². The molecule has 27 heavy (non-hydrogen) atoms. The van der Waals surface area contributed by atoms with Crippen LogP contribution in [0.5, 0.6) is 0 Å². The summed E-state index contributed by atoms with van der Waals surface area (Å²) in [6, 6.07) is 8.74. The number of hydrogen-bond donors (Lipinski definition) is 0. The number of thiazole rings is 1. The normalized spacial score (nSPS) is 14.3. The summed E-state index contributed by atoms with van der Waals surface area (Å²) in [5, 5.41) is 3.11. The molecule has 4 nitrogen and oxygen atoms in total. The topological polar surface area (TPSA) is 38.1 Å². The van der Waals surface area contributed by atoms with Gasteiger partial charge in [-0.15, -0.1) is 11.3 Å². The summed E-state index contributed by atoms with van der Waals surface area (Å²) in [5.74, 6) is 0.0133. The van der Waals surface area contributed by atoms with Crippen molar-refractivity contribution in [2.45, 2.75) is 33.1 Å². The average molecular weight is 383 g/mol. The Morgan fingerprint density at radius 1 is 1.26 bits per heavy atom. The molecule has 4 rings (SSSR count). The molecule has 1 fully saturated rings. The van der Waals surface area contributed by atoms with Crippen molar-refractivity contribution in [1.82, 2.24) is 14.5 Å². The summed E-state index contributed by atoms with van der Waals surface area (Å²) < 4.78 is 15.7. The predicted octanol–water partition coefficient (Wildman–Crippen LogP) is 4.52. The van der Waals surface area contributed by atoms with Crippen LogP contribution in [0, 0.1) is 19.7 Å². The Balaban J connectivity index is 1.57. The van der Waals surface area contributed by atoms with Gasteiger partial charge in [0.25, 0.3) is 0 Å². The van der Waals surface area contributed by atoms with Gasteiger partial charge in [-0.25, -0.2) is 9.37 Å². The standard InChI is InChI=1S/C21H22FN3OS/c1-14-11-18(15(2)25(14)17-6-3-5-16(22)12-17)19-13-27-20(23-19)8-10-24-9-4-7-21(24)26/h3,5-6,11-13H,4,7-10H2,1-2H3. The highest BCUT2D eigenvalue weighted by atomic mass is 32.1. The van der Waals surface area contributed by atoms with Crippen LogP contribution in [0.2, 0.25) is 0 Å². The Morgan fingerprint density at radius 3 is 2.85 bits per heavy atom. The summed E-state index contributed by atoms with van der Waals surface area (Å²) in [5.41, 5.74) is 4.92. The molecular weight excluding hydrogens is 361 g/mol. The van der Waals surface area contributed by atoms with Crippen LogP contribution < -0.4 is 0 Å². The van der Waals surface area contributed by atoms with Crippen LogP contribution in [-0.2, 0) is 11.2 Å². The van der Waals surface area contributed by atoms with E-state index in [1.807, 2.05) is 24.8 Å². The number of carbonyl (C=O) groups is 1. The van der Waals surface area contributed by atoms with Gasteiger partial charge in [-0.3, -0.25) is 4.79 Å². The number of likely N-dealkylation sites (tertiary alicyclic amines) is 1. The number of aryl methyl sites for hydroxylation is 1. The lowest BCUT2D eigenvalue weighted by molar-refractivity contribution is -0.127. The Labute approximate surface area is 162 Å². The van der Waals surface area contributed by atoms with Crippen molar-refractivity contribution in [2.75, 3.05) is 13.1 Å². The van der Waals surface area contributed by atoms with Gasteiger partial charge in [-0.1, -0.05) is 6.07 Å². The molecule has 0 bridgehead atoms. The number of halogens is 1. The fourth-order valence-corrected chi connectivity index (χ4v) is 4.54. The van der Waals surface area contributed by atoms with Crippen LogP contribution in [0.15, 0.2) is 35.7 Å². The molecule has 0 spiro atoms. The number of aromatic nitrogens is 2. The van der Waals surface area contributed by atoms with Crippen LogP contribution in [-0.4, -0.2) is 33.4 Å². The first-order chi connectivity index (χ1) is 13.0. The highest BCUT2D eigenvalue weighted by Crippen LogP contribution is 2.30. The average Bonchev–Trinajstić information content (AvgIpc) is 3.33. The predicted molar refractivity (Wildman–Crippen MR) is 106 cm³/mol. The molecule has 0 saturated carbocycles. The second-order valence-electron chi connectivity index (χ2n) is 6.96. The molecule has 1 aliphatic heterocycles. The first-order valence-corrected chi connectivity index (χ1v) is 10.1. The highest BCUT2D eigenvalue weighted by molar-refractivity contribution is 7.09. The van der Waals surface area contributed by atoms with Gasteiger partial charge in [0.15, 0.2) is 0 Å². The summed E-state index contributed by atoms with van der Waals surface area (Å²) in [6.07, 6.45) is 2.43. The van der Waals surface area contributed by atoms with Gasteiger partial charge < -0.3 is 9.47 Å². The van der Waals surface area contributed by atoms with Crippen molar-refractivity contribution in [3.8, 4) is 16.9 Å². The smallest absolute Gasteiger partial charge is 0.222 e. The molecule has 0 radical (unpaired) electrons. The van der Waals surface area contributed by atoms with E-state index in [0.29, 0.717) is 6.42 Å². The molecule has 0 aliphatic carbocycles. The third-order valence-electron chi connectivity index (χ3n) is 5.09. The van der Waals surface area contributed by atoms with Crippen molar-refractivity contribution in [3.05, 3.63) is 57.9 Å². The SMILES string of the molecule is Cc1cc(-c2csc(CCN3CCCC3=O)n2)c(C)n1-c1cccc(F)c1. The summed E-state index contributed by atoms with van der Waals surface area (Å²) >= 11 is 1.63. The van der Waals surface area contributed by atoms with Crippen LogP contribution in [0.4, 0.5) is 4.39 Å².